The minimum atomic E-state index is -4.79. The summed E-state index contributed by atoms with van der Waals surface area (Å²) in [6.07, 6.45) is -4.01. The Morgan fingerprint density at radius 1 is 1.48 bits per heavy atom. The molecule has 3 N–H and O–H groups in total. The van der Waals surface area contributed by atoms with Crippen molar-refractivity contribution in [1.29, 1.82) is 0 Å². The molecule has 21 heavy (non-hydrogen) atoms. The van der Waals surface area contributed by atoms with E-state index >= 15 is 0 Å². The largest absolute Gasteiger partial charge is 0.573 e. The van der Waals surface area contributed by atoms with Crippen molar-refractivity contribution in [3.05, 3.63) is 24.3 Å². The number of nitrogens with two attached hydrogens (primary N) is 1. The predicted molar refractivity (Wildman–Crippen MR) is 69.5 cm³/mol. The van der Waals surface area contributed by atoms with Crippen LogP contribution in [0, 0.1) is 5.92 Å². The minimum absolute atomic E-state index is 0.178. The number of nitrogens with one attached hydrogen (secondary N) is 1. The third kappa shape index (κ3) is 3.85. The summed E-state index contributed by atoms with van der Waals surface area (Å²) in [4.78, 5) is 12.0. The van der Waals surface area contributed by atoms with E-state index in [-0.39, 0.29) is 5.69 Å². The third-order valence-corrected chi connectivity index (χ3v) is 2.85. The zero-order valence-corrected chi connectivity index (χ0v) is 11.0. The standard InChI is InChI=1S/C12H13F3N4O2/c1-19-10(16)9(6-17-19)11(20)18-7-3-2-4-8(5-7)21-12(13,14)15/h2-6,9-10H,16H2,1H3,(H,18,20). The Morgan fingerprint density at radius 3 is 2.76 bits per heavy atom. The Hall–Kier alpha value is -2.29. The van der Waals surface area contributed by atoms with Gasteiger partial charge in [0.25, 0.3) is 0 Å². The van der Waals surface area contributed by atoms with E-state index in [0.29, 0.717) is 0 Å². The van der Waals surface area contributed by atoms with Gasteiger partial charge >= 0.3 is 6.36 Å². The van der Waals surface area contributed by atoms with Gasteiger partial charge in [-0.25, -0.2) is 0 Å². The Morgan fingerprint density at radius 2 is 2.19 bits per heavy atom. The van der Waals surface area contributed by atoms with Crippen LogP contribution in [0.15, 0.2) is 29.4 Å². The van der Waals surface area contributed by atoms with Gasteiger partial charge in [0.05, 0.1) is 0 Å². The maximum atomic E-state index is 12.1. The van der Waals surface area contributed by atoms with Gasteiger partial charge in [0, 0.05) is 25.0 Å². The first-order chi connectivity index (χ1) is 9.76. The number of amides is 1. The van der Waals surface area contributed by atoms with Crippen molar-refractivity contribution in [2.75, 3.05) is 12.4 Å². The van der Waals surface area contributed by atoms with Crippen LogP contribution in [0.5, 0.6) is 5.75 Å². The van der Waals surface area contributed by atoms with Crippen molar-refractivity contribution >= 4 is 17.8 Å². The number of alkyl halides is 3. The molecular weight excluding hydrogens is 289 g/mol. The van der Waals surface area contributed by atoms with Crippen molar-refractivity contribution in [3.63, 3.8) is 0 Å². The molecule has 0 bridgehead atoms. The number of carbonyl (C=O) groups is 1. The second-order valence-corrected chi connectivity index (χ2v) is 4.42. The van der Waals surface area contributed by atoms with Crippen LogP contribution in [0.1, 0.15) is 0 Å². The highest BCUT2D eigenvalue weighted by Crippen LogP contribution is 2.25. The minimum Gasteiger partial charge on any atom is -0.406 e. The summed E-state index contributed by atoms with van der Waals surface area (Å²) in [5.74, 6) is -1.55. The van der Waals surface area contributed by atoms with Crippen LogP contribution in [0.3, 0.4) is 0 Å². The van der Waals surface area contributed by atoms with Gasteiger partial charge in [0.1, 0.15) is 17.8 Å². The fourth-order valence-corrected chi connectivity index (χ4v) is 1.79. The lowest BCUT2D eigenvalue weighted by atomic mass is 10.1. The van der Waals surface area contributed by atoms with Gasteiger partial charge in [-0.3, -0.25) is 9.80 Å². The zero-order chi connectivity index (χ0) is 15.6. The maximum Gasteiger partial charge on any atom is 0.573 e. The smallest absolute Gasteiger partial charge is 0.406 e. The topological polar surface area (TPSA) is 80.0 Å². The fourth-order valence-electron chi connectivity index (χ4n) is 1.79. The molecule has 2 atom stereocenters. The monoisotopic (exact) mass is 302 g/mol. The molecule has 2 rings (SSSR count). The third-order valence-electron chi connectivity index (χ3n) is 2.85. The molecule has 1 aliphatic rings. The molecule has 2 unspecified atom stereocenters. The molecule has 1 aromatic carbocycles. The van der Waals surface area contributed by atoms with E-state index < -0.39 is 30.1 Å². The van der Waals surface area contributed by atoms with Gasteiger partial charge in [0.2, 0.25) is 5.91 Å². The highest BCUT2D eigenvalue weighted by molar-refractivity contribution is 6.03. The molecule has 0 saturated carbocycles. The molecule has 1 heterocycles. The Kier molecular flexibility index (Phi) is 4.03. The van der Waals surface area contributed by atoms with E-state index in [4.69, 9.17) is 5.73 Å². The number of carbonyl (C=O) groups excluding carboxylic acids is 1. The molecule has 0 fully saturated rings. The molecule has 114 valence electrons. The Labute approximate surface area is 118 Å². The molecule has 0 aromatic heterocycles. The summed E-state index contributed by atoms with van der Waals surface area (Å²) in [5, 5.41) is 7.78. The van der Waals surface area contributed by atoms with Gasteiger partial charge in [-0.1, -0.05) is 6.07 Å². The number of ether oxygens (including phenoxy) is 1. The molecule has 1 aromatic rings. The number of benzene rings is 1. The quantitative estimate of drug-likeness (QED) is 0.883. The molecule has 1 aliphatic heterocycles. The molecule has 6 nitrogen and oxygen atoms in total. The molecule has 0 radical (unpaired) electrons. The molecule has 0 aliphatic carbocycles. The first-order valence-corrected chi connectivity index (χ1v) is 5.95. The zero-order valence-electron chi connectivity index (χ0n) is 11.0. The summed E-state index contributed by atoms with van der Waals surface area (Å²) in [6, 6.07) is 5.00. The second kappa shape index (κ2) is 5.60. The van der Waals surface area contributed by atoms with Crippen molar-refractivity contribution in [2.24, 2.45) is 16.8 Å². The summed E-state index contributed by atoms with van der Waals surface area (Å²) in [7, 11) is 1.62. The summed E-state index contributed by atoms with van der Waals surface area (Å²) in [5.41, 5.74) is 5.93. The van der Waals surface area contributed by atoms with Crippen molar-refractivity contribution in [3.8, 4) is 5.75 Å². The number of hydrazone groups is 1. The highest BCUT2D eigenvalue weighted by Gasteiger charge is 2.32. The van der Waals surface area contributed by atoms with Crippen LogP contribution in [0.4, 0.5) is 18.9 Å². The second-order valence-electron chi connectivity index (χ2n) is 4.42. The van der Waals surface area contributed by atoms with E-state index in [1.54, 1.807) is 7.05 Å². The van der Waals surface area contributed by atoms with Crippen LogP contribution in [-0.2, 0) is 4.79 Å². The lowest BCUT2D eigenvalue weighted by Gasteiger charge is -2.19. The average molecular weight is 302 g/mol. The lowest BCUT2D eigenvalue weighted by Crippen LogP contribution is -2.43. The van der Waals surface area contributed by atoms with Gasteiger partial charge in [0.15, 0.2) is 0 Å². The van der Waals surface area contributed by atoms with Gasteiger partial charge < -0.3 is 15.8 Å². The summed E-state index contributed by atoms with van der Waals surface area (Å²) in [6.45, 7) is 0. The SMILES string of the molecule is CN1N=CC(C(=O)Nc2cccc(OC(F)(F)F)c2)C1N. The molecule has 1 amide bonds. The number of hydrogen-bond donors (Lipinski definition) is 2. The van der Waals surface area contributed by atoms with Crippen molar-refractivity contribution in [1.82, 2.24) is 5.01 Å². The molecule has 0 saturated heterocycles. The van der Waals surface area contributed by atoms with E-state index in [2.05, 4.69) is 15.2 Å². The first-order valence-electron chi connectivity index (χ1n) is 5.95. The first kappa shape index (κ1) is 15.1. The summed E-state index contributed by atoms with van der Waals surface area (Å²) < 4.78 is 40.2. The lowest BCUT2D eigenvalue weighted by molar-refractivity contribution is -0.274. The number of halogens is 3. The fraction of sp³-hybridized carbons (Fsp3) is 0.333. The van der Waals surface area contributed by atoms with Gasteiger partial charge in [-0.05, 0) is 12.1 Å². The Bertz CT molecular complexity index is 562. The number of rotatable bonds is 3. The van der Waals surface area contributed by atoms with E-state index in [9.17, 15) is 18.0 Å². The van der Waals surface area contributed by atoms with E-state index in [1.165, 1.54) is 23.4 Å². The van der Waals surface area contributed by atoms with Crippen molar-refractivity contribution in [2.45, 2.75) is 12.5 Å². The Balaban J connectivity index is 2.05. The normalized spacial score (nSPS) is 21.5. The van der Waals surface area contributed by atoms with E-state index in [0.717, 1.165) is 12.1 Å². The predicted octanol–water partition coefficient (Wildman–Crippen LogP) is 1.36. The van der Waals surface area contributed by atoms with Gasteiger partial charge in [-0.2, -0.15) is 5.10 Å². The summed E-state index contributed by atoms with van der Waals surface area (Å²) >= 11 is 0. The van der Waals surface area contributed by atoms with Crippen LogP contribution in [0.25, 0.3) is 0 Å². The average Bonchev–Trinajstić information content (AvgIpc) is 2.68. The number of nitrogens with zero attached hydrogens (tertiary/aromatic N) is 2. The van der Waals surface area contributed by atoms with Crippen LogP contribution in [0.2, 0.25) is 0 Å². The number of hydrogen-bond acceptors (Lipinski definition) is 5. The number of anilines is 1. The molecular formula is C12H13F3N4O2. The van der Waals surface area contributed by atoms with E-state index in [1.807, 2.05) is 0 Å². The van der Waals surface area contributed by atoms with Crippen molar-refractivity contribution < 1.29 is 22.7 Å². The van der Waals surface area contributed by atoms with Crippen LogP contribution < -0.4 is 15.8 Å². The van der Waals surface area contributed by atoms with Crippen LogP contribution in [-0.4, -0.2) is 36.7 Å². The highest BCUT2D eigenvalue weighted by atomic mass is 19.4. The van der Waals surface area contributed by atoms with Gasteiger partial charge in [-0.15, -0.1) is 13.2 Å². The molecule has 9 heteroatoms. The maximum absolute atomic E-state index is 12.1. The van der Waals surface area contributed by atoms with Crippen LogP contribution >= 0.6 is 0 Å². The molecule has 0 spiro atoms.